The first-order valence-corrected chi connectivity index (χ1v) is 7.02. The molecule has 1 nitrogen and oxygen atoms in total. The van der Waals surface area contributed by atoms with E-state index < -0.39 is 0 Å². The minimum absolute atomic E-state index is 0.307. The van der Waals surface area contributed by atoms with Crippen molar-refractivity contribution in [2.24, 2.45) is 11.8 Å². The van der Waals surface area contributed by atoms with Crippen molar-refractivity contribution >= 4 is 17.5 Å². The molecule has 2 heteroatoms. The Hall–Kier alpha value is -1.02. The molecule has 0 saturated heterocycles. The first-order valence-electron chi connectivity index (χ1n) is 6.21. The van der Waals surface area contributed by atoms with Gasteiger partial charge in [0.2, 0.25) is 0 Å². The van der Waals surface area contributed by atoms with Gasteiger partial charge in [-0.15, -0.1) is 0 Å². The average Bonchev–Trinajstić information content (AvgIpc) is 2.84. The lowest BCUT2D eigenvalue weighted by molar-refractivity contribution is -0.120. The molecule has 0 N–H and O–H groups in total. The second kappa shape index (κ2) is 4.34. The number of rotatable bonds is 2. The molecule has 3 rings (SSSR count). The van der Waals surface area contributed by atoms with Crippen molar-refractivity contribution in [2.75, 3.05) is 0 Å². The summed E-state index contributed by atoms with van der Waals surface area (Å²) in [6.45, 7) is 2.22. The fraction of sp³-hybridized carbons (Fsp3) is 0.400. The number of hydrogen-bond donors (Lipinski definition) is 0. The summed E-state index contributed by atoms with van der Waals surface area (Å²) < 4.78 is 0. The van der Waals surface area contributed by atoms with Crippen LogP contribution in [0.2, 0.25) is 0 Å². The molecule has 0 aromatic heterocycles. The molecule has 0 amide bonds. The third-order valence-electron chi connectivity index (χ3n) is 3.99. The zero-order chi connectivity index (χ0) is 11.8. The number of fused-ring (bicyclic) bond motifs is 1. The van der Waals surface area contributed by atoms with Crippen LogP contribution in [-0.2, 0) is 4.79 Å². The van der Waals surface area contributed by atoms with E-state index in [4.69, 9.17) is 0 Å². The van der Waals surface area contributed by atoms with Gasteiger partial charge in [-0.25, -0.2) is 0 Å². The fourth-order valence-electron chi connectivity index (χ4n) is 3.00. The minimum atomic E-state index is 0.307. The van der Waals surface area contributed by atoms with Crippen molar-refractivity contribution in [1.82, 2.24) is 0 Å². The maximum atomic E-state index is 11.8. The van der Waals surface area contributed by atoms with Gasteiger partial charge < -0.3 is 0 Å². The Morgan fingerprint density at radius 3 is 2.65 bits per heavy atom. The maximum Gasteiger partial charge on any atom is 0.136 e. The molecular formula is C15H16OS. The van der Waals surface area contributed by atoms with Gasteiger partial charge in [-0.3, -0.25) is 4.79 Å². The highest BCUT2D eigenvalue weighted by atomic mass is 32.2. The van der Waals surface area contributed by atoms with Gasteiger partial charge in [0.15, 0.2) is 0 Å². The summed E-state index contributed by atoms with van der Waals surface area (Å²) in [4.78, 5) is 14.5. The van der Waals surface area contributed by atoms with E-state index in [2.05, 4.69) is 31.2 Å². The first-order chi connectivity index (χ1) is 8.25. The van der Waals surface area contributed by atoms with Crippen LogP contribution < -0.4 is 0 Å². The monoisotopic (exact) mass is 244 g/mol. The van der Waals surface area contributed by atoms with Crippen LogP contribution in [0.3, 0.4) is 0 Å². The quantitative estimate of drug-likeness (QED) is 0.780. The first kappa shape index (κ1) is 11.1. The van der Waals surface area contributed by atoms with E-state index in [0.29, 0.717) is 17.6 Å². The lowest BCUT2D eigenvalue weighted by Gasteiger charge is -2.07. The minimum Gasteiger partial charge on any atom is -0.299 e. The highest BCUT2D eigenvalue weighted by Crippen LogP contribution is 2.50. The van der Waals surface area contributed by atoms with Crippen molar-refractivity contribution < 1.29 is 4.79 Å². The van der Waals surface area contributed by atoms with Crippen molar-refractivity contribution in [3.8, 4) is 0 Å². The van der Waals surface area contributed by atoms with Crippen molar-refractivity contribution in [2.45, 2.75) is 31.1 Å². The molecule has 0 unspecified atom stereocenters. The maximum absolute atomic E-state index is 11.8. The second-order valence-corrected chi connectivity index (χ2v) is 6.11. The number of thioether (sulfide) groups is 1. The smallest absolute Gasteiger partial charge is 0.136 e. The van der Waals surface area contributed by atoms with Crippen LogP contribution in [0.1, 0.15) is 26.2 Å². The third-order valence-corrected chi connectivity index (χ3v) is 5.23. The standard InChI is InChI=1S/C15H16OS/c1-10-12-7-8-14(16)13(12)9-15(10)17-11-5-3-2-4-6-11/h2-6,12-13H,7-9H2,1H3/t12-,13+/m0/s1. The van der Waals surface area contributed by atoms with E-state index in [-0.39, 0.29) is 0 Å². The van der Waals surface area contributed by atoms with Gasteiger partial charge in [-0.2, -0.15) is 0 Å². The van der Waals surface area contributed by atoms with E-state index in [9.17, 15) is 4.79 Å². The van der Waals surface area contributed by atoms with Gasteiger partial charge >= 0.3 is 0 Å². The highest BCUT2D eigenvalue weighted by molar-refractivity contribution is 8.03. The SMILES string of the molecule is CC1=C(Sc2ccccc2)C[C@H]2C(=O)CC[C@@H]12. The van der Waals surface area contributed by atoms with E-state index in [0.717, 1.165) is 19.3 Å². The average molecular weight is 244 g/mol. The number of benzene rings is 1. The van der Waals surface area contributed by atoms with Crippen LogP contribution >= 0.6 is 11.8 Å². The van der Waals surface area contributed by atoms with Gasteiger partial charge in [-0.1, -0.05) is 35.5 Å². The lowest BCUT2D eigenvalue weighted by atomic mass is 9.95. The predicted molar refractivity (Wildman–Crippen MR) is 70.8 cm³/mol. The molecule has 1 fully saturated rings. The van der Waals surface area contributed by atoms with Gasteiger partial charge in [0.1, 0.15) is 5.78 Å². The Labute approximate surface area is 106 Å². The van der Waals surface area contributed by atoms with E-state index >= 15 is 0 Å². The predicted octanol–water partition coefficient (Wildman–Crippen LogP) is 4.05. The number of hydrogen-bond acceptors (Lipinski definition) is 2. The van der Waals surface area contributed by atoms with E-state index in [1.807, 2.05) is 17.8 Å². The fourth-order valence-corrected chi connectivity index (χ4v) is 4.16. The van der Waals surface area contributed by atoms with Gasteiger partial charge in [-0.05, 0) is 42.7 Å². The molecule has 0 heterocycles. The Bertz CT molecular complexity index is 475. The van der Waals surface area contributed by atoms with Crippen molar-refractivity contribution in [1.29, 1.82) is 0 Å². The largest absolute Gasteiger partial charge is 0.299 e. The number of ketones is 1. The van der Waals surface area contributed by atoms with Crippen molar-refractivity contribution in [3.63, 3.8) is 0 Å². The second-order valence-electron chi connectivity index (χ2n) is 4.94. The van der Waals surface area contributed by atoms with Gasteiger partial charge in [0.25, 0.3) is 0 Å². The normalized spacial score (nSPS) is 27.7. The summed E-state index contributed by atoms with van der Waals surface area (Å²) in [5.74, 6) is 1.34. The third kappa shape index (κ3) is 1.95. The van der Waals surface area contributed by atoms with Gasteiger partial charge in [0, 0.05) is 17.2 Å². The van der Waals surface area contributed by atoms with Crippen LogP contribution in [0.4, 0.5) is 0 Å². The zero-order valence-electron chi connectivity index (χ0n) is 9.98. The molecule has 0 radical (unpaired) electrons. The Morgan fingerprint density at radius 2 is 1.94 bits per heavy atom. The summed E-state index contributed by atoms with van der Waals surface area (Å²) in [5.41, 5.74) is 1.47. The summed E-state index contributed by atoms with van der Waals surface area (Å²) in [7, 11) is 0. The molecule has 88 valence electrons. The molecule has 2 atom stereocenters. The van der Waals surface area contributed by atoms with Crippen LogP contribution in [0.15, 0.2) is 45.7 Å². The zero-order valence-corrected chi connectivity index (χ0v) is 10.8. The number of allylic oxidation sites excluding steroid dienone is 2. The molecule has 2 aliphatic rings. The Kier molecular flexibility index (Phi) is 2.83. The summed E-state index contributed by atoms with van der Waals surface area (Å²) in [6, 6.07) is 10.5. The molecule has 0 aliphatic heterocycles. The van der Waals surface area contributed by atoms with Crippen LogP contribution in [0.25, 0.3) is 0 Å². The van der Waals surface area contributed by atoms with E-state index in [1.165, 1.54) is 15.4 Å². The van der Waals surface area contributed by atoms with Crippen molar-refractivity contribution in [3.05, 3.63) is 40.8 Å². The molecule has 1 saturated carbocycles. The number of Topliss-reactive ketones (excluding diaryl/α,β-unsaturated/α-hetero) is 1. The number of carbonyl (C=O) groups excluding carboxylic acids is 1. The Balaban J connectivity index is 1.81. The molecule has 0 bridgehead atoms. The Morgan fingerprint density at radius 1 is 1.18 bits per heavy atom. The lowest BCUT2D eigenvalue weighted by Crippen LogP contribution is -2.09. The van der Waals surface area contributed by atoms with Gasteiger partial charge in [0.05, 0.1) is 0 Å². The topological polar surface area (TPSA) is 17.1 Å². The molecule has 2 aliphatic carbocycles. The van der Waals surface area contributed by atoms with Crippen LogP contribution in [0, 0.1) is 11.8 Å². The highest BCUT2D eigenvalue weighted by Gasteiger charge is 2.41. The summed E-state index contributed by atoms with van der Waals surface area (Å²) >= 11 is 1.85. The number of carbonyl (C=O) groups is 1. The van der Waals surface area contributed by atoms with Crippen LogP contribution in [0.5, 0.6) is 0 Å². The summed E-state index contributed by atoms with van der Waals surface area (Å²) in [5, 5.41) is 0. The molecule has 1 aromatic carbocycles. The molecular weight excluding hydrogens is 228 g/mol. The van der Waals surface area contributed by atoms with Crippen LogP contribution in [-0.4, -0.2) is 5.78 Å². The molecule has 1 aromatic rings. The molecule has 17 heavy (non-hydrogen) atoms. The molecule has 0 spiro atoms. The summed E-state index contributed by atoms with van der Waals surface area (Å²) in [6.07, 6.45) is 2.86. The van der Waals surface area contributed by atoms with E-state index in [1.54, 1.807) is 0 Å².